The van der Waals surface area contributed by atoms with Gasteiger partial charge in [0.25, 0.3) is 5.91 Å². The number of para-hydroxylation sites is 2. The number of hydrogen-bond donors (Lipinski definition) is 0. The molecule has 1 amide bonds. The van der Waals surface area contributed by atoms with Crippen molar-refractivity contribution in [3.63, 3.8) is 0 Å². The summed E-state index contributed by atoms with van der Waals surface area (Å²) >= 11 is 3.37. The van der Waals surface area contributed by atoms with Crippen molar-refractivity contribution in [1.82, 2.24) is 4.90 Å². The van der Waals surface area contributed by atoms with Gasteiger partial charge in [0.05, 0.1) is 13.7 Å². The van der Waals surface area contributed by atoms with Crippen molar-refractivity contribution in [1.29, 1.82) is 0 Å². The monoisotopic (exact) mass is 393 g/mol. The van der Waals surface area contributed by atoms with Gasteiger partial charge in [-0.1, -0.05) is 28.1 Å². The SMILES string of the molecule is COc1ccccc1OCC(=O)N(C)CCOc1ccc(Br)cc1. The zero-order chi connectivity index (χ0) is 17.4. The van der Waals surface area contributed by atoms with Crippen LogP contribution in [0, 0.1) is 0 Å². The van der Waals surface area contributed by atoms with Crippen LogP contribution in [0.1, 0.15) is 0 Å². The Hall–Kier alpha value is -2.21. The van der Waals surface area contributed by atoms with Gasteiger partial charge in [-0.05, 0) is 36.4 Å². The first-order chi connectivity index (χ1) is 11.6. The van der Waals surface area contributed by atoms with E-state index in [0.29, 0.717) is 24.7 Å². The lowest BCUT2D eigenvalue weighted by atomic mass is 10.3. The van der Waals surface area contributed by atoms with Gasteiger partial charge in [-0.25, -0.2) is 0 Å². The number of hydrogen-bond acceptors (Lipinski definition) is 4. The van der Waals surface area contributed by atoms with Gasteiger partial charge in [0.2, 0.25) is 0 Å². The van der Waals surface area contributed by atoms with Gasteiger partial charge in [-0.15, -0.1) is 0 Å². The second-order valence-electron chi connectivity index (χ2n) is 5.06. The lowest BCUT2D eigenvalue weighted by molar-refractivity contribution is -0.132. The predicted octanol–water partition coefficient (Wildman–Crippen LogP) is 3.37. The Morgan fingerprint density at radius 3 is 2.38 bits per heavy atom. The van der Waals surface area contributed by atoms with Crippen molar-refractivity contribution in [3.05, 3.63) is 53.0 Å². The molecule has 0 aromatic heterocycles. The maximum absolute atomic E-state index is 12.1. The molecule has 0 fully saturated rings. The molecule has 0 unspecified atom stereocenters. The van der Waals surface area contributed by atoms with Crippen LogP contribution in [0.2, 0.25) is 0 Å². The molecule has 0 bridgehead atoms. The summed E-state index contributed by atoms with van der Waals surface area (Å²) in [7, 11) is 3.29. The quantitative estimate of drug-likeness (QED) is 0.689. The van der Waals surface area contributed by atoms with E-state index in [1.54, 1.807) is 31.2 Å². The summed E-state index contributed by atoms with van der Waals surface area (Å²) in [6.07, 6.45) is 0. The summed E-state index contributed by atoms with van der Waals surface area (Å²) in [6, 6.07) is 14.8. The normalized spacial score (nSPS) is 10.1. The Morgan fingerprint density at radius 2 is 1.71 bits per heavy atom. The summed E-state index contributed by atoms with van der Waals surface area (Å²) < 4.78 is 17.3. The van der Waals surface area contributed by atoms with Crippen molar-refractivity contribution in [3.8, 4) is 17.2 Å². The molecule has 5 nitrogen and oxygen atoms in total. The molecule has 0 heterocycles. The standard InChI is InChI=1S/C18H20BrNO4/c1-20(11-12-23-15-9-7-14(19)8-10-15)18(21)13-24-17-6-4-3-5-16(17)22-2/h3-10H,11-13H2,1-2H3. The lowest BCUT2D eigenvalue weighted by Gasteiger charge is -2.18. The lowest BCUT2D eigenvalue weighted by Crippen LogP contribution is -2.34. The third kappa shape index (κ3) is 5.45. The molecule has 0 atom stereocenters. The fourth-order valence-electron chi connectivity index (χ4n) is 1.94. The van der Waals surface area contributed by atoms with E-state index in [1.165, 1.54) is 0 Å². The van der Waals surface area contributed by atoms with Crippen LogP contribution in [0.4, 0.5) is 0 Å². The Labute approximate surface area is 150 Å². The van der Waals surface area contributed by atoms with E-state index in [0.717, 1.165) is 10.2 Å². The molecule has 128 valence electrons. The molecule has 0 N–H and O–H groups in total. The highest BCUT2D eigenvalue weighted by Crippen LogP contribution is 2.25. The molecule has 24 heavy (non-hydrogen) atoms. The molecule has 2 aromatic carbocycles. The van der Waals surface area contributed by atoms with Gasteiger partial charge in [0.15, 0.2) is 18.1 Å². The number of halogens is 1. The van der Waals surface area contributed by atoms with Crippen LogP contribution in [0.3, 0.4) is 0 Å². The topological polar surface area (TPSA) is 48.0 Å². The van der Waals surface area contributed by atoms with Crippen molar-refractivity contribution in [2.24, 2.45) is 0 Å². The first-order valence-electron chi connectivity index (χ1n) is 7.48. The number of nitrogens with zero attached hydrogens (tertiary/aromatic N) is 1. The van der Waals surface area contributed by atoms with Crippen LogP contribution in [-0.2, 0) is 4.79 Å². The molecule has 0 spiro atoms. The Kier molecular flexibility index (Phi) is 6.93. The third-order valence-corrected chi connectivity index (χ3v) is 3.88. The van der Waals surface area contributed by atoms with E-state index in [-0.39, 0.29) is 12.5 Å². The fraction of sp³-hybridized carbons (Fsp3) is 0.278. The minimum Gasteiger partial charge on any atom is -0.493 e. The molecule has 6 heteroatoms. The number of carbonyl (C=O) groups is 1. The van der Waals surface area contributed by atoms with Gasteiger partial charge < -0.3 is 19.1 Å². The summed E-state index contributed by atoms with van der Waals surface area (Å²) in [6.45, 7) is 0.845. The number of carbonyl (C=O) groups excluding carboxylic acids is 1. The maximum Gasteiger partial charge on any atom is 0.260 e. The molecule has 0 aliphatic carbocycles. The fourth-order valence-corrected chi connectivity index (χ4v) is 2.21. The van der Waals surface area contributed by atoms with Gasteiger partial charge >= 0.3 is 0 Å². The Morgan fingerprint density at radius 1 is 1.04 bits per heavy atom. The minimum absolute atomic E-state index is 0.0465. The number of benzene rings is 2. The highest BCUT2D eigenvalue weighted by Gasteiger charge is 2.11. The minimum atomic E-state index is -0.125. The molecule has 0 saturated heterocycles. The van der Waals surface area contributed by atoms with Crippen molar-refractivity contribution in [2.45, 2.75) is 0 Å². The molecule has 0 saturated carbocycles. The van der Waals surface area contributed by atoms with Crippen LogP contribution >= 0.6 is 15.9 Å². The van der Waals surface area contributed by atoms with Crippen molar-refractivity contribution < 1.29 is 19.0 Å². The molecule has 0 aliphatic rings. The van der Waals surface area contributed by atoms with E-state index in [9.17, 15) is 4.79 Å². The van der Waals surface area contributed by atoms with E-state index in [1.807, 2.05) is 36.4 Å². The average Bonchev–Trinajstić information content (AvgIpc) is 2.61. The third-order valence-electron chi connectivity index (χ3n) is 3.36. The second-order valence-corrected chi connectivity index (χ2v) is 5.97. The maximum atomic E-state index is 12.1. The summed E-state index contributed by atoms with van der Waals surface area (Å²) in [5.74, 6) is 1.80. The first-order valence-corrected chi connectivity index (χ1v) is 8.27. The smallest absolute Gasteiger partial charge is 0.260 e. The number of likely N-dealkylation sites (N-methyl/N-ethyl adjacent to an activating group) is 1. The second kappa shape index (κ2) is 9.17. The molecule has 0 radical (unpaired) electrons. The van der Waals surface area contributed by atoms with Crippen molar-refractivity contribution >= 4 is 21.8 Å². The van der Waals surface area contributed by atoms with Crippen LogP contribution in [0.5, 0.6) is 17.2 Å². The van der Waals surface area contributed by atoms with Gasteiger partial charge in [0.1, 0.15) is 12.4 Å². The number of methoxy groups -OCH3 is 1. The number of ether oxygens (including phenoxy) is 3. The van der Waals surface area contributed by atoms with Gasteiger partial charge in [0, 0.05) is 11.5 Å². The average molecular weight is 394 g/mol. The molecular weight excluding hydrogens is 374 g/mol. The number of rotatable bonds is 8. The van der Waals surface area contributed by atoms with E-state index in [4.69, 9.17) is 14.2 Å². The summed E-state index contributed by atoms with van der Waals surface area (Å²) in [4.78, 5) is 13.7. The Balaban J connectivity index is 1.74. The zero-order valence-electron chi connectivity index (χ0n) is 13.7. The van der Waals surface area contributed by atoms with Crippen LogP contribution in [0.15, 0.2) is 53.0 Å². The van der Waals surface area contributed by atoms with Crippen LogP contribution < -0.4 is 14.2 Å². The molecule has 2 aromatic rings. The van der Waals surface area contributed by atoms with Gasteiger partial charge in [-0.3, -0.25) is 4.79 Å². The first kappa shape index (κ1) is 18.1. The van der Waals surface area contributed by atoms with Gasteiger partial charge in [-0.2, -0.15) is 0 Å². The molecule has 0 aliphatic heterocycles. The van der Waals surface area contributed by atoms with Crippen molar-refractivity contribution in [2.75, 3.05) is 33.9 Å². The van der Waals surface area contributed by atoms with Crippen LogP contribution in [-0.4, -0.2) is 44.7 Å². The zero-order valence-corrected chi connectivity index (χ0v) is 15.3. The largest absolute Gasteiger partial charge is 0.493 e. The Bertz CT molecular complexity index is 660. The molecular formula is C18H20BrNO4. The predicted molar refractivity (Wildman–Crippen MR) is 95.8 cm³/mol. The van der Waals surface area contributed by atoms with E-state index in [2.05, 4.69) is 15.9 Å². The van der Waals surface area contributed by atoms with E-state index >= 15 is 0 Å². The summed E-state index contributed by atoms with van der Waals surface area (Å²) in [5.41, 5.74) is 0. The summed E-state index contributed by atoms with van der Waals surface area (Å²) in [5, 5.41) is 0. The molecule has 2 rings (SSSR count). The number of amides is 1. The highest BCUT2D eigenvalue weighted by atomic mass is 79.9. The van der Waals surface area contributed by atoms with E-state index < -0.39 is 0 Å². The van der Waals surface area contributed by atoms with Crippen LogP contribution in [0.25, 0.3) is 0 Å². The highest BCUT2D eigenvalue weighted by molar-refractivity contribution is 9.10.